The molecule has 5 nitrogen and oxygen atoms in total. The summed E-state index contributed by atoms with van der Waals surface area (Å²) in [5.41, 5.74) is -0.229. The molecule has 1 aliphatic rings. The predicted molar refractivity (Wildman–Crippen MR) is 58.9 cm³/mol. The summed E-state index contributed by atoms with van der Waals surface area (Å²) in [6.45, 7) is 1.67. The van der Waals surface area contributed by atoms with Crippen molar-refractivity contribution in [2.45, 2.75) is 25.8 Å². The van der Waals surface area contributed by atoms with Gasteiger partial charge in [-0.15, -0.1) is 0 Å². The highest BCUT2D eigenvalue weighted by Gasteiger charge is 2.17. The van der Waals surface area contributed by atoms with Gasteiger partial charge in [0.15, 0.2) is 0 Å². The third-order valence-corrected chi connectivity index (χ3v) is 2.78. The Bertz CT molecular complexity index is 421. The summed E-state index contributed by atoms with van der Waals surface area (Å²) in [5, 5.41) is 3.87. The molecule has 0 spiro atoms. The summed E-state index contributed by atoms with van der Waals surface area (Å²) in [5.74, 6) is -0.0134. The molecular weight excluding hydrogens is 206 g/mol. The fraction of sp³-hybridized carbons (Fsp3) is 0.545. The van der Waals surface area contributed by atoms with Gasteiger partial charge in [-0.05, 0) is 25.3 Å². The lowest BCUT2D eigenvalue weighted by Crippen LogP contribution is -2.40. The Kier molecular flexibility index (Phi) is 3.34. The molecule has 0 unspecified atom stereocenters. The molecule has 0 aromatic carbocycles. The van der Waals surface area contributed by atoms with Crippen LogP contribution in [0.4, 0.5) is 0 Å². The molecule has 0 saturated carbocycles. The van der Waals surface area contributed by atoms with Gasteiger partial charge in [0.2, 0.25) is 5.91 Å². The van der Waals surface area contributed by atoms with Crippen LogP contribution < -0.4 is 5.56 Å². The molecule has 0 atom stereocenters. The molecule has 5 heteroatoms. The van der Waals surface area contributed by atoms with Crippen molar-refractivity contribution in [2.75, 3.05) is 13.1 Å². The summed E-state index contributed by atoms with van der Waals surface area (Å²) >= 11 is 0. The third-order valence-electron chi connectivity index (χ3n) is 2.78. The van der Waals surface area contributed by atoms with Crippen LogP contribution in [0.15, 0.2) is 23.1 Å². The van der Waals surface area contributed by atoms with E-state index in [0.717, 1.165) is 25.9 Å². The first kappa shape index (κ1) is 10.9. The standard InChI is InChI=1S/C11H15N3O2/c15-10-5-4-6-12-14(10)9-11(16)13-7-2-1-3-8-13/h4-6H,1-3,7-9H2. The fourth-order valence-electron chi connectivity index (χ4n) is 1.88. The molecule has 0 aliphatic carbocycles. The predicted octanol–water partition coefficient (Wildman–Crippen LogP) is 0.256. The highest BCUT2D eigenvalue weighted by atomic mass is 16.2. The zero-order valence-electron chi connectivity index (χ0n) is 9.13. The van der Waals surface area contributed by atoms with E-state index in [9.17, 15) is 9.59 Å². The van der Waals surface area contributed by atoms with Crippen molar-refractivity contribution in [1.82, 2.24) is 14.7 Å². The highest BCUT2D eigenvalue weighted by molar-refractivity contribution is 5.75. The SMILES string of the molecule is O=C(Cn1ncccc1=O)N1CCCCC1. The van der Waals surface area contributed by atoms with Crippen molar-refractivity contribution in [1.29, 1.82) is 0 Å². The van der Waals surface area contributed by atoms with E-state index < -0.39 is 0 Å². The summed E-state index contributed by atoms with van der Waals surface area (Å²) in [4.78, 5) is 25.0. The minimum atomic E-state index is -0.229. The van der Waals surface area contributed by atoms with E-state index in [1.165, 1.54) is 23.4 Å². The number of likely N-dealkylation sites (tertiary alicyclic amines) is 1. The van der Waals surface area contributed by atoms with Gasteiger partial charge >= 0.3 is 0 Å². The molecule has 0 N–H and O–H groups in total. The maximum atomic E-state index is 11.8. The lowest BCUT2D eigenvalue weighted by atomic mass is 10.1. The van der Waals surface area contributed by atoms with Crippen molar-refractivity contribution in [3.63, 3.8) is 0 Å². The van der Waals surface area contributed by atoms with Gasteiger partial charge in [0.25, 0.3) is 5.56 Å². The van der Waals surface area contributed by atoms with Gasteiger partial charge in [-0.1, -0.05) is 0 Å². The maximum Gasteiger partial charge on any atom is 0.267 e. The Morgan fingerprint density at radius 3 is 2.75 bits per heavy atom. The molecular formula is C11H15N3O2. The molecule has 0 bridgehead atoms. The van der Waals surface area contributed by atoms with Crippen LogP contribution in [0.3, 0.4) is 0 Å². The normalized spacial score (nSPS) is 16.1. The lowest BCUT2D eigenvalue weighted by Gasteiger charge is -2.26. The van der Waals surface area contributed by atoms with Crippen LogP contribution in [-0.2, 0) is 11.3 Å². The molecule has 1 saturated heterocycles. The van der Waals surface area contributed by atoms with Crippen molar-refractivity contribution >= 4 is 5.91 Å². The van der Waals surface area contributed by atoms with E-state index >= 15 is 0 Å². The number of carbonyl (C=O) groups is 1. The molecule has 1 aromatic rings. The molecule has 1 fully saturated rings. The number of rotatable bonds is 2. The third kappa shape index (κ3) is 2.48. The average molecular weight is 221 g/mol. The van der Waals surface area contributed by atoms with Crippen LogP contribution >= 0.6 is 0 Å². The molecule has 0 radical (unpaired) electrons. The van der Waals surface area contributed by atoms with E-state index in [1.54, 1.807) is 6.07 Å². The van der Waals surface area contributed by atoms with Gasteiger partial charge in [-0.25, -0.2) is 4.68 Å². The minimum Gasteiger partial charge on any atom is -0.341 e. The van der Waals surface area contributed by atoms with Gasteiger partial charge in [0.1, 0.15) is 6.54 Å². The Hall–Kier alpha value is -1.65. The van der Waals surface area contributed by atoms with Crippen molar-refractivity contribution in [2.24, 2.45) is 0 Å². The summed E-state index contributed by atoms with van der Waals surface area (Å²) in [7, 11) is 0. The number of hydrogen-bond acceptors (Lipinski definition) is 3. The molecule has 1 aliphatic heterocycles. The van der Waals surface area contributed by atoms with Crippen LogP contribution in [0.2, 0.25) is 0 Å². The maximum absolute atomic E-state index is 11.8. The van der Waals surface area contributed by atoms with Crippen LogP contribution in [-0.4, -0.2) is 33.7 Å². The zero-order chi connectivity index (χ0) is 11.4. The van der Waals surface area contributed by atoms with Gasteiger partial charge in [0, 0.05) is 25.4 Å². The number of carbonyl (C=O) groups excluding carboxylic acids is 1. The monoisotopic (exact) mass is 221 g/mol. The molecule has 86 valence electrons. The number of piperidine rings is 1. The summed E-state index contributed by atoms with van der Waals surface area (Å²) in [6, 6.07) is 2.99. The van der Waals surface area contributed by atoms with Gasteiger partial charge in [-0.3, -0.25) is 9.59 Å². The Balaban J connectivity index is 2.01. The quantitative estimate of drug-likeness (QED) is 0.719. The van der Waals surface area contributed by atoms with E-state index in [-0.39, 0.29) is 18.0 Å². The smallest absolute Gasteiger partial charge is 0.267 e. The average Bonchev–Trinajstić information content (AvgIpc) is 2.33. The van der Waals surface area contributed by atoms with Gasteiger partial charge < -0.3 is 4.90 Å². The van der Waals surface area contributed by atoms with Gasteiger partial charge in [-0.2, -0.15) is 5.10 Å². The first-order chi connectivity index (χ1) is 7.77. The molecule has 2 rings (SSSR count). The van der Waals surface area contributed by atoms with Crippen molar-refractivity contribution in [3.8, 4) is 0 Å². The largest absolute Gasteiger partial charge is 0.341 e. The lowest BCUT2D eigenvalue weighted by molar-refractivity contribution is -0.133. The van der Waals surface area contributed by atoms with E-state index in [2.05, 4.69) is 5.10 Å². The Morgan fingerprint density at radius 1 is 1.31 bits per heavy atom. The van der Waals surface area contributed by atoms with Crippen LogP contribution in [0, 0.1) is 0 Å². The molecule has 2 heterocycles. The van der Waals surface area contributed by atoms with Gasteiger partial charge in [0.05, 0.1) is 0 Å². The minimum absolute atomic E-state index is 0.0134. The summed E-state index contributed by atoms with van der Waals surface area (Å²) in [6.07, 6.45) is 4.82. The molecule has 1 aromatic heterocycles. The van der Waals surface area contributed by atoms with Crippen LogP contribution in [0.5, 0.6) is 0 Å². The highest BCUT2D eigenvalue weighted by Crippen LogP contribution is 2.08. The summed E-state index contributed by atoms with van der Waals surface area (Å²) < 4.78 is 1.21. The topological polar surface area (TPSA) is 55.2 Å². The molecule has 16 heavy (non-hydrogen) atoms. The van der Waals surface area contributed by atoms with E-state index in [4.69, 9.17) is 0 Å². The number of amides is 1. The Morgan fingerprint density at radius 2 is 2.06 bits per heavy atom. The van der Waals surface area contributed by atoms with E-state index in [1.807, 2.05) is 4.90 Å². The number of aromatic nitrogens is 2. The Labute approximate surface area is 93.7 Å². The first-order valence-corrected chi connectivity index (χ1v) is 5.57. The van der Waals surface area contributed by atoms with Crippen LogP contribution in [0.25, 0.3) is 0 Å². The number of hydrogen-bond donors (Lipinski definition) is 0. The van der Waals surface area contributed by atoms with Crippen molar-refractivity contribution < 1.29 is 4.79 Å². The fourth-order valence-corrected chi connectivity index (χ4v) is 1.88. The van der Waals surface area contributed by atoms with Crippen molar-refractivity contribution in [3.05, 3.63) is 28.7 Å². The second-order valence-corrected chi connectivity index (χ2v) is 3.96. The number of nitrogens with zero attached hydrogens (tertiary/aromatic N) is 3. The molecule has 1 amide bonds. The first-order valence-electron chi connectivity index (χ1n) is 5.57. The zero-order valence-corrected chi connectivity index (χ0v) is 9.13. The van der Waals surface area contributed by atoms with E-state index in [0.29, 0.717) is 0 Å². The second kappa shape index (κ2) is 4.92. The second-order valence-electron chi connectivity index (χ2n) is 3.96. The van der Waals surface area contributed by atoms with Crippen LogP contribution in [0.1, 0.15) is 19.3 Å².